The van der Waals surface area contributed by atoms with Gasteiger partial charge in [-0.2, -0.15) is 0 Å². The zero-order valence-corrected chi connectivity index (χ0v) is 18.2. The van der Waals surface area contributed by atoms with Crippen molar-refractivity contribution < 1.29 is 24.1 Å². The summed E-state index contributed by atoms with van der Waals surface area (Å²) in [6.07, 6.45) is 4.67. The molecule has 3 unspecified atom stereocenters. The number of aliphatic hydroxyl groups excluding tert-OH is 2. The zero-order valence-electron chi connectivity index (χ0n) is 18.2. The average Bonchev–Trinajstić information content (AvgIpc) is 3.08. The smallest absolute Gasteiger partial charge is 0.216 e. The highest BCUT2D eigenvalue weighted by atomic mass is 19.1. The van der Waals surface area contributed by atoms with Crippen LogP contribution in [0.25, 0.3) is 0 Å². The molecule has 2 fully saturated rings. The zero-order chi connectivity index (χ0) is 21.1. The van der Waals surface area contributed by atoms with Gasteiger partial charge in [-0.3, -0.25) is 4.90 Å². The summed E-state index contributed by atoms with van der Waals surface area (Å²) >= 11 is 0. The van der Waals surface area contributed by atoms with Gasteiger partial charge in [0.05, 0.1) is 13.2 Å². The van der Waals surface area contributed by atoms with Gasteiger partial charge in [-0.25, -0.2) is 4.39 Å². The molecule has 7 nitrogen and oxygen atoms in total. The fourth-order valence-corrected chi connectivity index (χ4v) is 5.78. The molecular weight excluding hydrogens is 389 g/mol. The largest absolute Gasteiger partial charge is 0.382 e. The fourth-order valence-electron chi connectivity index (χ4n) is 5.78. The predicted molar refractivity (Wildman–Crippen MR) is 111 cm³/mol. The predicted octanol–water partition coefficient (Wildman–Crippen LogP) is 1.65. The van der Waals surface area contributed by atoms with E-state index in [1.165, 1.54) is 5.70 Å². The number of piperidine rings is 2. The summed E-state index contributed by atoms with van der Waals surface area (Å²) in [5, 5.41) is 20.8. The van der Waals surface area contributed by atoms with Crippen molar-refractivity contribution in [1.29, 1.82) is 0 Å². The number of hydrogen-bond donors (Lipinski definition) is 2. The summed E-state index contributed by atoms with van der Waals surface area (Å²) in [6, 6.07) is 0.921. The van der Waals surface area contributed by atoms with Crippen LogP contribution >= 0.6 is 0 Å². The van der Waals surface area contributed by atoms with Crippen LogP contribution < -0.4 is 0 Å². The fraction of sp³-hybridized carbons (Fsp3) is 0.909. The molecule has 0 aromatic rings. The molecule has 0 radical (unpaired) electrons. The Morgan fingerprint density at radius 1 is 1.00 bits per heavy atom. The molecule has 8 heteroatoms. The molecule has 2 N–H and O–H groups in total. The van der Waals surface area contributed by atoms with E-state index < -0.39 is 18.8 Å². The van der Waals surface area contributed by atoms with Gasteiger partial charge < -0.3 is 29.5 Å². The van der Waals surface area contributed by atoms with Crippen LogP contribution in [0.3, 0.4) is 0 Å². The summed E-state index contributed by atoms with van der Waals surface area (Å²) in [7, 11) is 1.62. The van der Waals surface area contributed by atoms with Crippen molar-refractivity contribution in [3.63, 3.8) is 0 Å². The van der Waals surface area contributed by atoms with Crippen molar-refractivity contribution in [2.45, 2.75) is 82.3 Å². The lowest BCUT2D eigenvalue weighted by atomic mass is 9.93. The third-order valence-corrected chi connectivity index (χ3v) is 7.41. The highest BCUT2D eigenvalue weighted by Gasteiger charge is 2.40. The summed E-state index contributed by atoms with van der Waals surface area (Å²) in [4.78, 5) is 6.81. The molecule has 172 valence electrons. The van der Waals surface area contributed by atoms with Crippen molar-refractivity contribution in [3.05, 3.63) is 11.3 Å². The molecular formula is C22H38FN3O4. The highest BCUT2D eigenvalue weighted by Crippen LogP contribution is 2.41. The van der Waals surface area contributed by atoms with Gasteiger partial charge in [0.1, 0.15) is 12.4 Å². The first-order chi connectivity index (χ1) is 14.6. The minimum Gasteiger partial charge on any atom is -0.382 e. The molecule has 4 rings (SSSR count). The number of nitrogens with zero attached hydrogens (tertiary/aromatic N) is 3. The third kappa shape index (κ3) is 5.00. The van der Waals surface area contributed by atoms with Gasteiger partial charge >= 0.3 is 0 Å². The van der Waals surface area contributed by atoms with E-state index in [-0.39, 0.29) is 0 Å². The van der Waals surface area contributed by atoms with E-state index in [1.54, 1.807) is 7.11 Å². The number of allylic oxidation sites excluding steroid dienone is 1. The maximum atomic E-state index is 13.8. The number of hydrogen-bond acceptors (Lipinski definition) is 7. The summed E-state index contributed by atoms with van der Waals surface area (Å²) in [6.45, 7) is 4.65. The SMILES string of the molecule is COCCOC(O)N1CCC(N2CCC(N3C4=C(CC(F)CC4)CC3O)CC2)CC1. The van der Waals surface area contributed by atoms with E-state index in [2.05, 4.69) is 9.80 Å². The monoisotopic (exact) mass is 427 g/mol. The number of rotatable bonds is 7. The standard InChI is InChI=1S/C22H38FN3O4/c1-29-12-13-30-22(28)25-10-4-18(5-11-25)24-8-6-19(7-9-24)26-20-3-2-17(23)14-16(20)15-21(26)27/h17-19,21-22,27-28H,2-15H2,1H3. The number of alkyl halides is 1. The van der Waals surface area contributed by atoms with Gasteiger partial charge in [0.2, 0.25) is 6.41 Å². The molecule has 0 saturated carbocycles. The minimum atomic E-state index is -0.842. The summed E-state index contributed by atoms with van der Waals surface area (Å²) in [5.74, 6) is 0. The van der Waals surface area contributed by atoms with Crippen LogP contribution in [-0.2, 0) is 9.47 Å². The Bertz CT molecular complexity index is 591. The number of ether oxygens (including phenoxy) is 2. The second kappa shape index (κ2) is 10.2. The van der Waals surface area contributed by atoms with E-state index in [0.717, 1.165) is 63.9 Å². The topological polar surface area (TPSA) is 68.6 Å². The lowest BCUT2D eigenvalue weighted by molar-refractivity contribution is -0.204. The van der Waals surface area contributed by atoms with Gasteiger partial charge in [-0.15, -0.1) is 0 Å². The van der Waals surface area contributed by atoms with E-state index in [0.29, 0.717) is 44.6 Å². The van der Waals surface area contributed by atoms with Gasteiger partial charge in [0, 0.05) is 63.9 Å². The highest BCUT2D eigenvalue weighted by molar-refractivity contribution is 5.25. The molecule has 4 aliphatic rings. The van der Waals surface area contributed by atoms with Crippen LogP contribution in [-0.4, -0.2) is 102 Å². The molecule has 3 heterocycles. The molecule has 0 spiro atoms. The lowest BCUT2D eigenvalue weighted by Gasteiger charge is -2.45. The van der Waals surface area contributed by atoms with Crippen LogP contribution in [0.15, 0.2) is 11.3 Å². The first-order valence-corrected chi connectivity index (χ1v) is 11.6. The van der Waals surface area contributed by atoms with E-state index in [9.17, 15) is 14.6 Å². The molecule has 30 heavy (non-hydrogen) atoms. The number of aliphatic hydroxyl groups is 2. The van der Waals surface area contributed by atoms with Crippen molar-refractivity contribution >= 4 is 0 Å². The molecule has 3 aliphatic heterocycles. The molecule has 0 aromatic carbocycles. The molecule has 0 aromatic heterocycles. The van der Waals surface area contributed by atoms with Crippen molar-refractivity contribution in [1.82, 2.24) is 14.7 Å². The summed E-state index contributed by atoms with van der Waals surface area (Å²) in [5.41, 5.74) is 2.40. The molecule has 3 atom stereocenters. The Hall–Kier alpha value is -0.770. The first-order valence-electron chi connectivity index (χ1n) is 11.6. The van der Waals surface area contributed by atoms with Crippen LogP contribution in [0.1, 0.15) is 51.4 Å². The van der Waals surface area contributed by atoms with Gasteiger partial charge in [-0.05, 0) is 44.1 Å². The second-order valence-corrected chi connectivity index (χ2v) is 9.21. The van der Waals surface area contributed by atoms with E-state index >= 15 is 0 Å². The normalized spacial score (nSPS) is 31.4. The van der Waals surface area contributed by atoms with Crippen molar-refractivity contribution in [2.75, 3.05) is 46.5 Å². The molecule has 1 aliphatic carbocycles. The Labute approximate surface area is 179 Å². The van der Waals surface area contributed by atoms with Crippen LogP contribution in [0.2, 0.25) is 0 Å². The van der Waals surface area contributed by atoms with E-state index in [1.807, 2.05) is 4.90 Å². The Kier molecular flexibility index (Phi) is 7.65. The van der Waals surface area contributed by atoms with Crippen molar-refractivity contribution in [3.8, 4) is 0 Å². The van der Waals surface area contributed by atoms with Crippen molar-refractivity contribution in [2.24, 2.45) is 0 Å². The lowest BCUT2D eigenvalue weighted by Crippen LogP contribution is -2.53. The maximum absolute atomic E-state index is 13.8. The second-order valence-electron chi connectivity index (χ2n) is 9.21. The maximum Gasteiger partial charge on any atom is 0.216 e. The van der Waals surface area contributed by atoms with Gasteiger partial charge in [0.15, 0.2) is 0 Å². The minimum absolute atomic E-state index is 0.371. The van der Waals surface area contributed by atoms with Gasteiger partial charge in [-0.1, -0.05) is 0 Å². The number of likely N-dealkylation sites (tertiary alicyclic amines) is 2. The molecule has 0 amide bonds. The quantitative estimate of drug-likeness (QED) is 0.473. The molecule has 2 saturated heterocycles. The Balaban J connectivity index is 1.23. The number of methoxy groups -OCH3 is 1. The van der Waals surface area contributed by atoms with Crippen LogP contribution in [0, 0.1) is 0 Å². The van der Waals surface area contributed by atoms with E-state index in [4.69, 9.17) is 9.47 Å². The first kappa shape index (κ1) is 22.4. The van der Waals surface area contributed by atoms with Gasteiger partial charge in [0.25, 0.3) is 0 Å². The Morgan fingerprint density at radius 3 is 2.40 bits per heavy atom. The Morgan fingerprint density at radius 2 is 1.70 bits per heavy atom. The van der Waals surface area contributed by atoms with Crippen LogP contribution in [0.4, 0.5) is 4.39 Å². The number of halogens is 1. The molecule has 0 bridgehead atoms. The summed E-state index contributed by atoms with van der Waals surface area (Å²) < 4.78 is 24.1. The third-order valence-electron chi connectivity index (χ3n) is 7.41. The van der Waals surface area contributed by atoms with Crippen LogP contribution in [0.5, 0.6) is 0 Å². The average molecular weight is 428 g/mol.